The molecule has 0 spiro atoms. The summed E-state index contributed by atoms with van der Waals surface area (Å²) in [6.07, 6.45) is 3.61. The van der Waals surface area contributed by atoms with Gasteiger partial charge in [-0.05, 0) is 32.8 Å². The summed E-state index contributed by atoms with van der Waals surface area (Å²) < 4.78 is 0. The van der Waals surface area contributed by atoms with Crippen molar-refractivity contribution in [1.29, 1.82) is 0 Å². The van der Waals surface area contributed by atoms with E-state index in [4.69, 9.17) is 5.84 Å². The summed E-state index contributed by atoms with van der Waals surface area (Å²) in [5.74, 6) is 5.25. The summed E-state index contributed by atoms with van der Waals surface area (Å²) in [5.41, 5.74) is 4.40. The largest absolute Gasteiger partial charge is 0.347 e. The van der Waals surface area contributed by atoms with Crippen molar-refractivity contribution in [3.05, 3.63) is 23.5 Å². The van der Waals surface area contributed by atoms with Crippen LogP contribution < -0.4 is 16.6 Å². The van der Waals surface area contributed by atoms with Gasteiger partial charge in [-0.2, -0.15) is 0 Å². The molecule has 0 aromatic carbocycles. The van der Waals surface area contributed by atoms with Gasteiger partial charge in [-0.15, -0.1) is 0 Å². The Morgan fingerprint density at radius 3 is 2.81 bits per heavy atom. The predicted molar refractivity (Wildman–Crippen MR) is 61.9 cm³/mol. The number of aryl methyl sites for hydroxylation is 1. The van der Waals surface area contributed by atoms with Crippen LogP contribution in [0.25, 0.3) is 0 Å². The molecule has 0 saturated heterocycles. The lowest BCUT2D eigenvalue weighted by atomic mass is 10.2. The zero-order valence-corrected chi connectivity index (χ0v) is 9.50. The Hall–Kier alpha value is -1.62. The standard InChI is InChI=1S/C11H16N4O/c1-7-5-9(15-12)8(6-13-7)10(16)14-11(2)3-4-11/h5-6H,3-4,12H2,1-2H3,(H,13,15)(H,14,16). The molecule has 0 bridgehead atoms. The van der Waals surface area contributed by atoms with Crippen LogP contribution in [0, 0.1) is 6.92 Å². The van der Waals surface area contributed by atoms with Gasteiger partial charge in [-0.25, -0.2) is 0 Å². The summed E-state index contributed by atoms with van der Waals surface area (Å²) in [6.45, 7) is 3.88. The minimum Gasteiger partial charge on any atom is -0.347 e. The highest BCUT2D eigenvalue weighted by Crippen LogP contribution is 2.34. The molecule has 1 aliphatic carbocycles. The molecule has 0 atom stereocenters. The molecule has 1 fully saturated rings. The number of nitrogen functional groups attached to an aromatic ring is 1. The SMILES string of the molecule is Cc1cc(NN)c(C(=O)NC2(C)CC2)cn1. The zero-order chi connectivity index (χ0) is 11.8. The summed E-state index contributed by atoms with van der Waals surface area (Å²) in [5, 5.41) is 2.97. The molecule has 1 aromatic rings. The van der Waals surface area contributed by atoms with Gasteiger partial charge in [-0.1, -0.05) is 0 Å². The molecule has 1 saturated carbocycles. The number of carbonyl (C=O) groups is 1. The van der Waals surface area contributed by atoms with Crippen LogP contribution in [0.3, 0.4) is 0 Å². The Kier molecular flexibility index (Phi) is 2.55. The fourth-order valence-electron chi connectivity index (χ4n) is 1.51. The molecule has 0 aliphatic heterocycles. The summed E-state index contributed by atoms with van der Waals surface area (Å²) in [7, 11) is 0. The molecule has 0 radical (unpaired) electrons. The van der Waals surface area contributed by atoms with Crippen LogP contribution >= 0.6 is 0 Å². The normalized spacial score (nSPS) is 16.7. The number of hydrogen-bond donors (Lipinski definition) is 3. The first-order chi connectivity index (χ1) is 7.54. The van der Waals surface area contributed by atoms with E-state index in [1.165, 1.54) is 0 Å². The second kappa shape index (κ2) is 3.75. The molecule has 2 rings (SSSR count). The molecule has 0 unspecified atom stereocenters. The number of nitrogens with zero attached hydrogens (tertiary/aromatic N) is 1. The van der Waals surface area contributed by atoms with E-state index in [1.807, 2.05) is 13.8 Å². The highest BCUT2D eigenvalue weighted by Gasteiger charge is 2.39. The van der Waals surface area contributed by atoms with Crippen LogP contribution in [0.5, 0.6) is 0 Å². The first-order valence-electron chi connectivity index (χ1n) is 5.30. The van der Waals surface area contributed by atoms with Crippen molar-refractivity contribution in [3.63, 3.8) is 0 Å². The van der Waals surface area contributed by atoms with Crippen molar-refractivity contribution in [2.75, 3.05) is 5.43 Å². The monoisotopic (exact) mass is 220 g/mol. The highest BCUT2D eigenvalue weighted by atomic mass is 16.1. The van der Waals surface area contributed by atoms with Crippen molar-refractivity contribution in [1.82, 2.24) is 10.3 Å². The molecule has 1 amide bonds. The Morgan fingerprint density at radius 2 is 2.25 bits per heavy atom. The van der Waals surface area contributed by atoms with E-state index >= 15 is 0 Å². The fourth-order valence-corrected chi connectivity index (χ4v) is 1.51. The number of nitrogens with one attached hydrogen (secondary N) is 2. The van der Waals surface area contributed by atoms with Gasteiger partial charge in [0.15, 0.2) is 0 Å². The third-order valence-electron chi connectivity index (χ3n) is 2.86. The molecule has 1 aliphatic rings. The quantitative estimate of drug-likeness (QED) is 0.523. The first-order valence-corrected chi connectivity index (χ1v) is 5.30. The molecule has 86 valence electrons. The lowest BCUT2D eigenvalue weighted by Crippen LogP contribution is -2.35. The number of aromatic nitrogens is 1. The second-order valence-corrected chi connectivity index (χ2v) is 4.53. The Bertz CT molecular complexity index is 426. The number of rotatable bonds is 3. The van der Waals surface area contributed by atoms with Crippen molar-refractivity contribution in [2.24, 2.45) is 5.84 Å². The fraction of sp³-hybridized carbons (Fsp3) is 0.455. The third-order valence-corrected chi connectivity index (χ3v) is 2.86. The Labute approximate surface area is 94.4 Å². The number of anilines is 1. The molecular weight excluding hydrogens is 204 g/mol. The average molecular weight is 220 g/mol. The predicted octanol–water partition coefficient (Wildman–Crippen LogP) is 0.958. The summed E-state index contributed by atoms with van der Waals surface area (Å²) in [4.78, 5) is 16.0. The number of hydrogen-bond acceptors (Lipinski definition) is 4. The smallest absolute Gasteiger partial charge is 0.255 e. The van der Waals surface area contributed by atoms with Gasteiger partial charge in [0, 0.05) is 17.4 Å². The van der Waals surface area contributed by atoms with Gasteiger partial charge in [-0.3, -0.25) is 15.6 Å². The molecule has 5 nitrogen and oxygen atoms in total. The van der Waals surface area contributed by atoms with E-state index in [-0.39, 0.29) is 11.4 Å². The van der Waals surface area contributed by atoms with E-state index < -0.39 is 0 Å². The van der Waals surface area contributed by atoms with Crippen LogP contribution in [0.4, 0.5) is 5.69 Å². The van der Waals surface area contributed by atoms with Gasteiger partial charge in [0.2, 0.25) is 0 Å². The number of amides is 1. The Balaban J connectivity index is 2.21. The van der Waals surface area contributed by atoms with Crippen molar-refractivity contribution >= 4 is 11.6 Å². The van der Waals surface area contributed by atoms with Gasteiger partial charge >= 0.3 is 0 Å². The topological polar surface area (TPSA) is 80.0 Å². The van der Waals surface area contributed by atoms with E-state index in [0.29, 0.717) is 11.3 Å². The molecule has 4 N–H and O–H groups in total. The number of pyridine rings is 1. The molecule has 5 heteroatoms. The van der Waals surface area contributed by atoms with Gasteiger partial charge < -0.3 is 10.7 Å². The number of carbonyl (C=O) groups excluding carboxylic acids is 1. The van der Waals surface area contributed by atoms with E-state index in [0.717, 1.165) is 18.5 Å². The average Bonchev–Trinajstić information content (AvgIpc) is 2.95. The van der Waals surface area contributed by atoms with Crippen LogP contribution in [-0.2, 0) is 0 Å². The van der Waals surface area contributed by atoms with Gasteiger partial charge in [0.1, 0.15) is 0 Å². The second-order valence-electron chi connectivity index (χ2n) is 4.53. The van der Waals surface area contributed by atoms with Crippen molar-refractivity contribution in [3.8, 4) is 0 Å². The van der Waals surface area contributed by atoms with E-state index in [9.17, 15) is 4.79 Å². The van der Waals surface area contributed by atoms with Crippen molar-refractivity contribution < 1.29 is 4.79 Å². The minimum atomic E-state index is -0.125. The minimum absolute atomic E-state index is 0.0339. The zero-order valence-electron chi connectivity index (χ0n) is 9.50. The van der Waals surface area contributed by atoms with Gasteiger partial charge in [0.25, 0.3) is 5.91 Å². The molecule has 1 aromatic heterocycles. The number of hydrazine groups is 1. The summed E-state index contributed by atoms with van der Waals surface area (Å²) in [6, 6.07) is 1.75. The van der Waals surface area contributed by atoms with Crippen LogP contribution in [0.2, 0.25) is 0 Å². The maximum absolute atomic E-state index is 11.9. The van der Waals surface area contributed by atoms with E-state index in [1.54, 1.807) is 12.3 Å². The van der Waals surface area contributed by atoms with Crippen LogP contribution in [0.1, 0.15) is 35.8 Å². The maximum Gasteiger partial charge on any atom is 0.255 e. The van der Waals surface area contributed by atoms with E-state index in [2.05, 4.69) is 15.7 Å². The lowest BCUT2D eigenvalue weighted by Gasteiger charge is -2.13. The Morgan fingerprint density at radius 1 is 1.56 bits per heavy atom. The van der Waals surface area contributed by atoms with Crippen LogP contribution in [0.15, 0.2) is 12.3 Å². The molecular formula is C11H16N4O. The third kappa shape index (κ3) is 2.14. The molecule has 1 heterocycles. The lowest BCUT2D eigenvalue weighted by molar-refractivity contribution is 0.0936. The molecule has 16 heavy (non-hydrogen) atoms. The van der Waals surface area contributed by atoms with Crippen molar-refractivity contribution in [2.45, 2.75) is 32.2 Å². The number of nitrogens with two attached hydrogens (primary N) is 1. The summed E-state index contributed by atoms with van der Waals surface area (Å²) >= 11 is 0. The maximum atomic E-state index is 11.9. The van der Waals surface area contributed by atoms with Crippen LogP contribution in [-0.4, -0.2) is 16.4 Å². The first kappa shape index (κ1) is 10.9. The van der Waals surface area contributed by atoms with Gasteiger partial charge in [0.05, 0.1) is 11.3 Å². The highest BCUT2D eigenvalue weighted by molar-refractivity contribution is 5.99.